The zero-order chi connectivity index (χ0) is 91.0. The van der Waals surface area contributed by atoms with E-state index in [0.717, 1.165) is 203 Å². The Morgan fingerprint density at radius 1 is 0.141 bits per heavy atom. The van der Waals surface area contributed by atoms with Crippen molar-refractivity contribution in [2.75, 3.05) is 29.4 Å². The molecule has 135 heavy (non-hydrogen) atoms. The van der Waals surface area contributed by atoms with Gasteiger partial charge in [0.25, 0.3) is 0 Å². The molecule has 0 amide bonds. The van der Waals surface area contributed by atoms with E-state index >= 15 is 0 Å². The fourth-order valence-corrected chi connectivity index (χ4v) is 19.0. The van der Waals surface area contributed by atoms with E-state index in [9.17, 15) is 0 Å². The Hall–Kier alpha value is -17.6. The number of imidazole rings is 3. The molecular formula is C123H96N12. The summed E-state index contributed by atoms with van der Waals surface area (Å²) >= 11 is 0. The predicted molar refractivity (Wildman–Crippen MR) is 562 cm³/mol. The van der Waals surface area contributed by atoms with Gasteiger partial charge in [-0.2, -0.15) is 0 Å². The topological polar surface area (TPSA) is 71.3 Å². The lowest BCUT2D eigenvalue weighted by atomic mass is 10.0. The molecule has 18 aromatic carbocycles. The van der Waals surface area contributed by atoms with Crippen molar-refractivity contribution in [2.45, 2.75) is 41.5 Å². The van der Waals surface area contributed by atoms with E-state index < -0.39 is 0 Å². The first-order valence-electron chi connectivity index (χ1n) is 45.9. The zero-order valence-electron chi connectivity index (χ0n) is 75.9. The summed E-state index contributed by atoms with van der Waals surface area (Å²) in [5, 5.41) is 0. The van der Waals surface area contributed by atoms with Gasteiger partial charge in [-0.25, -0.2) is 28.2 Å². The molecule has 0 fully saturated rings. The summed E-state index contributed by atoms with van der Waals surface area (Å²) in [4.78, 5) is 32.9. The van der Waals surface area contributed by atoms with Gasteiger partial charge in [-0.05, 0) is 293 Å². The molecule has 4 aromatic heterocycles. The third-order valence-corrected chi connectivity index (χ3v) is 25.2. The first-order valence-corrected chi connectivity index (χ1v) is 45.9. The van der Waals surface area contributed by atoms with E-state index in [4.69, 9.17) is 15.0 Å². The molecule has 0 aliphatic rings. The number of aryl methyl sites for hydroxylation is 6. The number of rotatable bonds is 24. The molecule has 0 atom stereocenters. The van der Waals surface area contributed by atoms with E-state index in [1.807, 2.05) is 0 Å². The van der Waals surface area contributed by atoms with Gasteiger partial charge in [0.1, 0.15) is 0 Å². The van der Waals surface area contributed by atoms with E-state index in [1.54, 1.807) is 0 Å². The van der Waals surface area contributed by atoms with Gasteiger partial charge in [-0.3, -0.25) is 0 Å². The Labute approximate surface area is 787 Å². The molecule has 12 heteroatoms. The summed E-state index contributed by atoms with van der Waals surface area (Å²) in [5.74, 6) is 1.76. The van der Waals surface area contributed by atoms with Crippen molar-refractivity contribution in [2.24, 2.45) is 0 Å². The molecule has 22 rings (SSSR count). The summed E-state index contributed by atoms with van der Waals surface area (Å²) in [6.07, 6.45) is 0. The van der Waals surface area contributed by atoms with E-state index in [1.165, 1.54) is 0 Å². The summed E-state index contributed by atoms with van der Waals surface area (Å²) in [7, 11) is 0. The second kappa shape index (κ2) is 36.0. The molecule has 0 saturated heterocycles. The fourth-order valence-electron chi connectivity index (χ4n) is 19.0. The number of nitrogens with zero attached hydrogens (tertiary/aromatic N) is 12. The predicted octanol–water partition coefficient (Wildman–Crippen LogP) is 33.3. The monoisotopic (exact) mass is 1740 g/mol. The quantitative estimate of drug-likeness (QED) is 0.0588. The van der Waals surface area contributed by atoms with Crippen LogP contribution >= 0.6 is 0 Å². The standard InChI is InChI=1S/C123H96N12/c1-85-31-25-49-109(79-85)127(97-37-13-7-14-38-97)103-67-55-91(56-68-103)115-118(94-61-73-106(74-62-94)130(100-43-19-10-20-44-100)112-52-28-34-88(4)82-112)133-121(124-115)134-119(95-63-75-107(76-64-95)131(101-45-21-11-22-46-101)113-53-29-35-89(5)83-113)116(92-57-69-104(70-58-92)128(98-39-15-8-16-40-98)110-50-26-32-86(2)80-110)126-123(134)135-120(96-65-77-108(78-66-96)132(102-47-23-12-24-48-102)114-54-30-36-90(6)84-114)117(125-122(133)135)93-59-71-105(72-60-93)129(99-41-17-9-18-42-99)111-51-27-33-87(3)81-111/h7-84H,1-6H3. The van der Waals surface area contributed by atoms with Gasteiger partial charge in [-0.1, -0.05) is 255 Å². The molecule has 0 unspecified atom stereocenters. The van der Waals surface area contributed by atoms with Gasteiger partial charge in [-0.15, -0.1) is 0 Å². The number of hydrogen-bond acceptors (Lipinski definition) is 9. The molecule has 648 valence electrons. The molecule has 0 N–H and O–H groups in total. The van der Waals surface area contributed by atoms with Gasteiger partial charge in [0.2, 0.25) is 17.3 Å². The number of hydrogen-bond donors (Lipinski definition) is 0. The van der Waals surface area contributed by atoms with E-state index in [0.29, 0.717) is 17.3 Å². The molecular weight excluding hydrogens is 1650 g/mol. The molecule has 0 aliphatic heterocycles. The summed E-state index contributed by atoms with van der Waals surface area (Å²) in [6.45, 7) is 12.9. The number of fused-ring (bicyclic) bond motifs is 6. The lowest BCUT2D eigenvalue weighted by Gasteiger charge is -2.26. The van der Waals surface area contributed by atoms with Crippen molar-refractivity contribution in [3.63, 3.8) is 0 Å². The van der Waals surface area contributed by atoms with E-state index in [-0.39, 0.29) is 0 Å². The maximum Gasteiger partial charge on any atom is 0.225 e. The van der Waals surface area contributed by atoms with Crippen LogP contribution in [0.2, 0.25) is 0 Å². The Morgan fingerprint density at radius 3 is 0.437 bits per heavy atom. The van der Waals surface area contributed by atoms with Gasteiger partial charge >= 0.3 is 0 Å². The minimum Gasteiger partial charge on any atom is -0.310 e. The van der Waals surface area contributed by atoms with Gasteiger partial charge in [0.15, 0.2) is 0 Å². The third kappa shape index (κ3) is 16.2. The zero-order valence-corrected chi connectivity index (χ0v) is 75.9. The fraction of sp³-hybridized carbons (Fsp3) is 0.0488. The van der Waals surface area contributed by atoms with Crippen LogP contribution in [0.25, 0.3) is 84.9 Å². The number of para-hydroxylation sites is 6. The summed E-state index contributed by atoms with van der Waals surface area (Å²) < 4.78 is 6.97. The second-order valence-electron chi connectivity index (χ2n) is 34.7. The molecule has 0 bridgehead atoms. The molecule has 0 spiro atoms. The molecule has 0 aliphatic carbocycles. The number of benzene rings is 18. The Morgan fingerprint density at radius 2 is 0.281 bits per heavy atom. The lowest BCUT2D eigenvalue weighted by Crippen LogP contribution is -2.10. The average molecular weight is 1740 g/mol. The van der Waals surface area contributed by atoms with Crippen molar-refractivity contribution in [1.29, 1.82) is 0 Å². The molecule has 0 saturated carbocycles. The maximum atomic E-state index is 6.30. The maximum absolute atomic E-state index is 6.30. The first-order chi connectivity index (χ1) is 66.4. The highest BCUT2D eigenvalue weighted by Crippen LogP contribution is 2.49. The van der Waals surface area contributed by atoms with Crippen LogP contribution < -0.4 is 29.4 Å². The van der Waals surface area contributed by atoms with Crippen molar-refractivity contribution in [3.8, 4) is 67.5 Å². The largest absolute Gasteiger partial charge is 0.310 e. The van der Waals surface area contributed by atoms with Crippen molar-refractivity contribution >= 4 is 120 Å². The smallest absolute Gasteiger partial charge is 0.225 e. The Kier molecular flexibility index (Phi) is 22.2. The number of aromatic nitrogens is 6. The minimum atomic E-state index is 0.587. The molecule has 22 aromatic rings. The highest BCUT2D eigenvalue weighted by Gasteiger charge is 2.33. The first kappa shape index (κ1) is 83.0. The highest BCUT2D eigenvalue weighted by molar-refractivity contribution is 5.95. The third-order valence-electron chi connectivity index (χ3n) is 25.2. The Bertz CT molecular complexity index is 7220. The molecule has 0 radical (unpaired) electrons. The van der Waals surface area contributed by atoms with Crippen molar-refractivity contribution < 1.29 is 0 Å². The van der Waals surface area contributed by atoms with Gasteiger partial charge in [0.05, 0.1) is 34.2 Å². The van der Waals surface area contributed by atoms with E-state index in [2.05, 4.69) is 557 Å². The van der Waals surface area contributed by atoms with Crippen molar-refractivity contribution in [1.82, 2.24) is 28.2 Å². The molecule has 12 nitrogen and oxygen atoms in total. The van der Waals surface area contributed by atoms with Crippen LogP contribution in [0.5, 0.6) is 0 Å². The Balaban J connectivity index is 0.869. The normalized spacial score (nSPS) is 11.3. The van der Waals surface area contributed by atoms with Gasteiger partial charge < -0.3 is 29.4 Å². The van der Waals surface area contributed by atoms with Crippen LogP contribution in [-0.2, 0) is 0 Å². The SMILES string of the molecule is Cc1cccc(N(c2ccccc2)c2ccc(-c3nc4n(c3-c3ccc(N(c5ccccc5)c5cccc(C)c5)cc3)c3nc(-c5ccc(N(c6ccccc6)c6cccc(C)c6)cc5)c(-c5ccc(N(c6ccccc6)c6cccc(C)c6)cc5)n3c3nc(-c5ccc(N(c6ccccc6)c6cccc(C)c6)cc5)c(-c5ccc(N(c6ccccc6)c6cccc(C)c6)cc5)n43)cc2)c1. The van der Waals surface area contributed by atoms with Gasteiger partial charge in [0, 0.05) is 136 Å². The van der Waals surface area contributed by atoms with Crippen LogP contribution in [0, 0.1) is 41.5 Å². The van der Waals surface area contributed by atoms with Crippen LogP contribution in [0.3, 0.4) is 0 Å². The summed E-state index contributed by atoms with van der Waals surface area (Å²) in [6, 6.07) is 170. The van der Waals surface area contributed by atoms with Crippen LogP contribution in [-0.4, -0.2) is 28.2 Å². The average Bonchev–Trinajstić information content (AvgIpc) is 1.52. The van der Waals surface area contributed by atoms with Crippen LogP contribution in [0.4, 0.5) is 102 Å². The second-order valence-corrected chi connectivity index (χ2v) is 34.7. The molecule has 4 heterocycles. The van der Waals surface area contributed by atoms with Crippen LogP contribution in [0.15, 0.2) is 473 Å². The lowest BCUT2D eigenvalue weighted by molar-refractivity contribution is 0.986. The highest BCUT2D eigenvalue weighted by atomic mass is 15.3. The van der Waals surface area contributed by atoms with Crippen molar-refractivity contribution in [3.05, 3.63) is 507 Å². The summed E-state index contributed by atoms with van der Waals surface area (Å²) in [5.41, 5.74) is 35.3. The number of anilines is 18. The van der Waals surface area contributed by atoms with Crippen LogP contribution in [0.1, 0.15) is 33.4 Å². The minimum absolute atomic E-state index is 0.587.